The first-order chi connectivity index (χ1) is 10.1. The van der Waals surface area contributed by atoms with Crippen molar-refractivity contribution in [2.24, 2.45) is 11.7 Å². The van der Waals surface area contributed by atoms with E-state index in [-0.39, 0.29) is 24.3 Å². The van der Waals surface area contributed by atoms with Crippen LogP contribution in [0.15, 0.2) is 24.3 Å². The van der Waals surface area contributed by atoms with Gasteiger partial charge in [0.05, 0.1) is 0 Å². The fourth-order valence-electron chi connectivity index (χ4n) is 2.42. The van der Waals surface area contributed by atoms with Gasteiger partial charge in [-0.25, -0.2) is 0 Å². The van der Waals surface area contributed by atoms with Crippen molar-refractivity contribution in [1.29, 1.82) is 0 Å². The number of nitrogens with zero attached hydrogens (tertiary/aromatic N) is 1. The van der Waals surface area contributed by atoms with Crippen molar-refractivity contribution in [1.82, 2.24) is 4.90 Å². The molecule has 0 aromatic heterocycles. The second kappa shape index (κ2) is 6.91. The molecule has 1 heterocycles. The zero-order chi connectivity index (χ0) is 15.2. The molecule has 5 nitrogen and oxygen atoms in total. The van der Waals surface area contributed by atoms with Gasteiger partial charge in [0.2, 0.25) is 5.91 Å². The number of carbonyl (C=O) groups is 2. The Hall–Kier alpha value is -2.32. The maximum Gasteiger partial charge on any atom is 0.253 e. The minimum Gasteiger partial charge on any atom is -0.384 e. The second-order valence-corrected chi connectivity index (χ2v) is 5.01. The Kier molecular flexibility index (Phi) is 4.96. The molecule has 0 aliphatic carbocycles. The summed E-state index contributed by atoms with van der Waals surface area (Å²) in [6.07, 6.45) is 1.23. The predicted octanol–water partition coefficient (Wildman–Crippen LogP) is 0.368. The van der Waals surface area contributed by atoms with E-state index in [1.54, 1.807) is 29.2 Å². The van der Waals surface area contributed by atoms with Crippen LogP contribution in [0.25, 0.3) is 0 Å². The van der Waals surface area contributed by atoms with Crippen LogP contribution in [-0.4, -0.2) is 41.5 Å². The van der Waals surface area contributed by atoms with E-state index in [1.807, 2.05) is 0 Å². The van der Waals surface area contributed by atoms with Gasteiger partial charge in [0.1, 0.15) is 6.61 Å². The van der Waals surface area contributed by atoms with Gasteiger partial charge in [0.15, 0.2) is 0 Å². The predicted molar refractivity (Wildman–Crippen MR) is 78.2 cm³/mol. The summed E-state index contributed by atoms with van der Waals surface area (Å²) >= 11 is 0. The van der Waals surface area contributed by atoms with Gasteiger partial charge < -0.3 is 15.7 Å². The molecule has 0 radical (unpaired) electrons. The van der Waals surface area contributed by atoms with Crippen LogP contribution in [0.2, 0.25) is 0 Å². The smallest absolute Gasteiger partial charge is 0.253 e. The Balaban J connectivity index is 2.05. The molecule has 0 atom stereocenters. The minimum atomic E-state index is -0.289. The summed E-state index contributed by atoms with van der Waals surface area (Å²) in [5.74, 6) is 4.86. The molecule has 1 aliphatic rings. The normalized spacial score (nSPS) is 15.2. The van der Waals surface area contributed by atoms with Gasteiger partial charge in [-0.1, -0.05) is 17.9 Å². The van der Waals surface area contributed by atoms with E-state index in [1.165, 1.54) is 0 Å². The topological polar surface area (TPSA) is 83.6 Å². The molecule has 21 heavy (non-hydrogen) atoms. The molecule has 3 N–H and O–H groups in total. The van der Waals surface area contributed by atoms with E-state index in [2.05, 4.69) is 11.8 Å². The number of nitrogens with two attached hydrogens (primary N) is 1. The number of primary amides is 1. The van der Waals surface area contributed by atoms with Crippen molar-refractivity contribution < 1.29 is 14.7 Å². The number of rotatable bonds is 2. The zero-order valence-electron chi connectivity index (χ0n) is 11.7. The van der Waals surface area contributed by atoms with Crippen molar-refractivity contribution in [2.45, 2.75) is 12.8 Å². The van der Waals surface area contributed by atoms with Crippen LogP contribution in [0.4, 0.5) is 0 Å². The summed E-state index contributed by atoms with van der Waals surface area (Å²) < 4.78 is 0. The first-order valence-corrected chi connectivity index (χ1v) is 6.90. The van der Waals surface area contributed by atoms with E-state index in [0.29, 0.717) is 37.1 Å². The van der Waals surface area contributed by atoms with Crippen LogP contribution < -0.4 is 5.73 Å². The highest BCUT2D eigenvalue weighted by atomic mass is 16.2. The molecule has 1 aromatic carbocycles. The molecule has 0 saturated carbocycles. The molecule has 0 bridgehead atoms. The zero-order valence-corrected chi connectivity index (χ0v) is 11.7. The second-order valence-electron chi connectivity index (χ2n) is 5.01. The highest BCUT2D eigenvalue weighted by molar-refractivity contribution is 5.94. The lowest BCUT2D eigenvalue weighted by molar-refractivity contribution is -0.123. The van der Waals surface area contributed by atoms with E-state index in [0.717, 1.165) is 0 Å². The third kappa shape index (κ3) is 3.83. The molecule has 2 amide bonds. The third-order valence-electron chi connectivity index (χ3n) is 3.61. The van der Waals surface area contributed by atoms with Crippen LogP contribution in [0.3, 0.4) is 0 Å². The fraction of sp³-hybridized carbons (Fsp3) is 0.375. The Bertz CT molecular complexity index is 593. The number of hydrogen-bond donors (Lipinski definition) is 2. The monoisotopic (exact) mass is 286 g/mol. The molecule has 2 rings (SSSR count). The van der Waals surface area contributed by atoms with Gasteiger partial charge in [-0.3, -0.25) is 9.59 Å². The van der Waals surface area contributed by atoms with Crippen molar-refractivity contribution in [3.05, 3.63) is 35.4 Å². The summed E-state index contributed by atoms with van der Waals surface area (Å²) in [5.41, 5.74) is 6.55. The van der Waals surface area contributed by atoms with E-state index < -0.39 is 0 Å². The first kappa shape index (κ1) is 15.1. The summed E-state index contributed by atoms with van der Waals surface area (Å²) in [6, 6.07) is 7.02. The minimum absolute atomic E-state index is 0.0643. The quantitative estimate of drug-likeness (QED) is 0.770. The van der Waals surface area contributed by atoms with Crippen LogP contribution in [0, 0.1) is 17.8 Å². The van der Waals surface area contributed by atoms with Crippen molar-refractivity contribution in [3.63, 3.8) is 0 Å². The SMILES string of the molecule is NC(=O)C1CCN(C(=O)c2cccc(C#CCO)c2)CC1. The van der Waals surface area contributed by atoms with Crippen LogP contribution >= 0.6 is 0 Å². The number of likely N-dealkylation sites (tertiary alicyclic amines) is 1. The highest BCUT2D eigenvalue weighted by Gasteiger charge is 2.26. The van der Waals surface area contributed by atoms with Crippen LogP contribution in [0.5, 0.6) is 0 Å². The molecule has 1 aliphatic heterocycles. The molecule has 0 spiro atoms. The number of aliphatic hydroxyl groups excluding tert-OH is 1. The number of amides is 2. The Morgan fingerprint density at radius 2 is 2.05 bits per heavy atom. The lowest BCUT2D eigenvalue weighted by Crippen LogP contribution is -2.41. The van der Waals surface area contributed by atoms with Crippen molar-refractivity contribution >= 4 is 11.8 Å². The molecule has 1 saturated heterocycles. The summed E-state index contributed by atoms with van der Waals surface area (Å²) in [4.78, 5) is 25.3. The maximum atomic E-state index is 12.4. The Morgan fingerprint density at radius 3 is 2.67 bits per heavy atom. The van der Waals surface area contributed by atoms with Crippen molar-refractivity contribution in [2.75, 3.05) is 19.7 Å². The average molecular weight is 286 g/mol. The maximum absolute atomic E-state index is 12.4. The van der Waals surface area contributed by atoms with Gasteiger partial charge in [-0.15, -0.1) is 0 Å². The van der Waals surface area contributed by atoms with Crippen LogP contribution in [-0.2, 0) is 4.79 Å². The lowest BCUT2D eigenvalue weighted by atomic mass is 9.95. The first-order valence-electron chi connectivity index (χ1n) is 6.90. The van der Waals surface area contributed by atoms with Gasteiger partial charge >= 0.3 is 0 Å². The largest absolute Gasteiger partial charge is 0.384 e. The van der Waals surface area contributed by atoms with Gasteiger partial charge in [0, 0.05) is 30.1 Å². The number of benzene rings is 1. The van der Waals surface area contributed by atoms with E-state index in [9.17, 15) is 9.59 Å². The number of carbonyl (C=O) groups excluding carboxylic acids is 2. The molecule has 1 fully saturated rings. The molecule has 0 unspecified atom stereocenters. The Morgan fingerprint density at radius 1 is 1.33 bits per heavy atom. The molecular weight excluding hydrogens is 268 g/mol. The molecule has 1 aromatic rings. The summed E-state index contributed by atoms with van der Waals surface area (Å²) in [6.45, 7) is 0.872. The Labute approximate surface area is 123 Å². The average Bonchev–Trinajstić information content (AvgIpc) is 2.52. The van der Waals surface area contributed by atoms with Gasteiger partial charge in [-0.2, -0.15) is 0 Å². The standard InChI is InChI=1S/C16H18N2O3/c17-15(20)13-6-8-18(9-7-13)16(21)14-5-1-3-12(11-14)4-2-10-19/h1,3,5,11,13,19H,6-10H2,(H2,17,20). The summed E-state index contributed by atoms with van der Waals surface area (Å²) in [7, 11) is 0. The number of piperidine rings is 1. The molecule has 110 valence electrons. The van der Waals surface area contributed by atoms with Gasteiger partial charge in [-0.05, 0) is 31.0 Å². The van der Waals surface area contributed by atoms with Gasteiger partial charge in [0.25, 0.3) is 5.91 Å². The number of aliphatic hydroxyl groups is 1. The molecule has 5 heteroatoms. The lowest BCUT2D eigenvalue weighted by Gasteiger charge is -2.30. The fourth-order valence-corrected chi connectivity index (χ4v) is 2.42. The highest BCUT2D eigenvalue weighted by Crippen LogP contribution is 2.19. The summed E-state index contributed by atoms with van der Waals surface area (Å²) in [5, 5.41) is 8.69. The number of hydrogen-bond acceptors (Lipinski definition) is 3. The van der Waals surface area contributed by atoms with E-state index in [4.69, 9.17) is 10.8 Å². The van der Waals surface area contributed by atoms with E-state index >= 15 is 0 Å². The molecular formula is C16H18N2O3. The van der Waals surface area contributed by atoms with Crippen LogP contribution in [0.1, 0.15) is 28.8 Å². The third-order valence-corrected chi connectivity index (χ3v) is 3.61. The van der Waals surface area contributed by atoms with Crippen molar-refractivity contribution in [3.8, 4) is 11.8 Å².